The molecule has 1 fully saturated rings. The highest BCUT2D eigenvalue weighted by Gasteiger charge is 2.27. The van der Waals surface area contributed by atoms with Crippen LogP contribution in [0.15, 0.2) is 23.7 Å². The van der Waals surface area contributed by atoms with Gasteiger partial charge in [-0.1, -0.05) is 0 Å². The fourth-order valence-electron chi connectivity index (χ4n) is 3.60. The van der Waals surface area contributed by atoms with Gasteiger partial charge in [0, 0.05) is 43.7 Å². The third-order valence-corrected chi connectivity index (χ3v) is 6.27. The van der Waals surface area contributed by atoms with E-state index in [1.165, 1.54) is 29.0 Å². The Morgan fingerprint density at radius 3 is 3.04 bits per heavy atom. The molecule has 0 aromatic carbocycles. The second kappa shape index (κ2) is 7.30. The van der Waals surface area contributed by atoms with E-state index in [1.807, 2.05) is 17.5 Å². The third kappa shape index (κ3) is 4.12. The Morgan fingerprint density at radius 2 is 2.28 bits per heavy atom. The van der Waals surface area contributed by atoms with Gasteiger partial charge in [0.1, 0.15) is 0 Å². The average molecular weight is 359 g/mol. The van der Waals surface area contributed by atoms with Crippen molar-refractivity contribution in [3.05, 3.63) is 39.8 Å². The Bertz CT molecular complexity index is 733. The van der Waals surface area contributed by atoms with Gasteiger partial charge in [-0.05, 0) is 55.2 Å². The summed E-state index contributed by atoms with van der Waals surface area (Å²) in [6, 6.07) is 4.65. The van der Waals surface area contributed by atoms with Gasteiger partial charge in [0.2, 0.25) is 5.91 Å². The van der Waals surface area contributed by atoms with Gasteiger partial charge >= 0.3 is 0 Å². The molecule has 1 amide bonds. The molecule has 1 unspecified atom stereocenters. The first-order valence-corrected chi connectivity index (χ1v) is 10.1. The Balaban J connectivity index is 1.35. The van der Waals surface area contributed by atoms with E-state index in [0.717, 1.165) is 32.6 Å². The number of carbonyl (C=O) groups excluding carboxylic acids is 1. The predicted molar refractivity (Wildman–Crippen MR) is 99.4 cm³/mol. The number of rotatable bonds is 7. The molecule has 1 saturated carbocycles. The van der Waals surface area contributed by atoms with Gasteiger partial charge in [-0.25, -0.2) is 0 Å². The van der Waals surface area contributed by atoms with Crippen molar-refractivity contribution in [1.29, 1.82) is 0 Å². The van der Waals surface area contributed by atoms with Gasteiger partial charge in [0.05, 0.1) is 11.7 Å². The highest BCUT2D eigenvalue weighted by Crippen LogP contribution is 2.32. The van der Waals surface area contributed by atoms with Crippen molar-refractivity contribution < 1.29 is 4.79 Å². The first kappa shape index (κ1) is 16.8. The van der Waals surface area contributed by atoms with E-state index in [-0.39, 0.29) is 5.91 Å². The maximum absolute atomic E-state index is 11.9. The highest BCUT2D eigenvalue weighted by atomic mass is 32.1. The van der Waals surface area contributed by atoms with Crippen LogP contribution in [0, 0.1) is 12.8 Å². The average Bonchev–Trinajstić information content (AvgIpc) is 3.11. The van der Waals surface area contributed by atoms with Gasteiger partial charge in [0.15, 0.2) is 0 Å². The number of hydrogen-bond acceptors (Lipinski definition) is 4. The van der Waals surface area contributed by atoms with Crippen molar-refractivity contribution in [2.45, 2.75) is 51.7 Å². The molecule has 1 atom stereocenters. The lowest BCUT2D eigenvalue weighted by Crippen LogP contribution is -2.38. The van der Waals surface area contributed by atoms with Crippen LogP contribution in [-0.2, 0) is 17.9 Å². The number of nitrogens with one attached hydrogen (secondary N) is 1. The molecule has 2 aromatic heterocycles. The van der Waals surface area contributed by atoms with Gasteiger partial charge in [-0.2, -0.15) is 5.10 Å². The molecule has 6 heteroatoms. The van der Waals surface area contributed by atoms with Crippen LogP contribution in [0.1, 0.15) is 47.9 Å². The molecule has 1 aliphatic carbocycles. The Morgan fingerprint density at radius 1 is 1.40 bits per heavy atom. The van der Waals surface area contributed by atoms with Crippen molar-refractivity contribution >= 4 is 17.2 Å². The lowest BCUT2D eigenvalue weighted by Gasteiger charge is -2.34. The highest BCUT2D eigenvalue weighted by molar-refractivity contribution is 7.10. The van der Waals surface area contributed by atoms with Crippen molar-refractivity contribution in [3.63, 3.8) is 0 Å². The first-order chi connectivity index (χ1) is 12.2. The molecule has 5 nitrogen and oxygen atoms in total. The second-order valence-corrected chi connectivity index (χ2v) is 8.40. The van der Waals surface area contributed by atoms with E-state index in [4.69, 9.17) is 0 Å². The number of nitrogens with zero attached hydrogens (tertiary/aromatic N) is 3. The van der Waals surface area contributed by atoms with Crippen LogP contribution in [-0.4, -0.2) is 33.7 Å². The zero-order valence-electron chi connectivity index (χ0n) is 14.8. The number of amides is 1. The number of thiophene rings is 1. The van der Waals surface area contributed by atoms with Gasteiger partial charge in [-0.15, -0.1) is 11.3 Å². The molecule has 0 radical (unpaired) electrons. The first-order valence-electron chi connectivity index (χ1n) is 9.23. The van der Waals surface area contributed by atoms with Crippen LogP contribution >= 0.6 is 11.3 Å². The van der Waals surface area contributed by atoms with E-state index in [9.17, 15) is 4.79 Å². The summed E-state index contributed by atoms with van der Waals surface area (Å²) in [7, 11) is 0. The summed E-state index contributed by atoms with van der Waals surface area (Å²) in [4.78, 5) is 15.9. The molecule has 0 bridgehead atoms. The quantitative estimate of drug-likeness (QED) is 0.827. The molecule has 3 heterocycles. The normalized spacial score (nSPS) is 20.4. The number of carbonyl (C=O) groups is 1. The third-order valence-electron chi connectivity index (χ3n) is 5.26. The number of hydrogen-bond donors (Lipinski definition) is 1. The van der Waals surface area contributed by atoms with Crippen molar-refractivity contribution in [2.75, 3.05) is 13.1 Å². The van der Waals surface area contributed by atoms with Crippen molar-refractivity contribution in [3.8, 4) is 0 Å². The number of aromatic nitrogens is 2. The summed E-state index contributed by atoms with van der Waals surface area (Å²) >= 11 is 1.84. The summed E-state index contributed by atoms with van der Waals surface area (Å²) in [5.74, 6) is 0.863. The lowest BCUT2D eigenvalue weighted by atomic mass is 10.1. The summed E-state index contributed by atoms with van der Waals surface area (Å²) in [5, 5.41) is 9.79. The largest absolute Gasteiger partial charge is 0.356 e. The van der Waals surface area contributed by atoms with Crippen molar-refractivity contribution in [2.24, 2.45) is 5.92 Å². The Kier molecular flexibility index (Phi) is 4.90. The van der Waals surface area contributed by atoms with Crippen LogP contribution in [0.4, 0.5) is 0 Å². The number of fused-ring (bicyclic) bond motifs is 1. The number of aryl methyl sites for hydroxylation is 1. The van der Waals surface area contributed by atoms with E-state index >= 15 is 0 Å². The molecular formula is C19H26N4OS. The molecule has 0 spiro atoms. The standard InChI is InChI=1S/C19H26N4OS/c1-14-6-9-25-18(14)13-22-11-16(23-17(12-22)5-8-21-23)4-7-20-19(24)10-15-2-3-15/h5-6,8-9,15-16H,2-4,7,10-13H2,1H3,(H,20,24). The van der Waals surface area contributed by atoms with Crippen LogP contribution in [0.3, 0.4) is 0 Å². The summed E-state index contributed by atoms with van der Waals surface area (Å²) in [6.45, 7) is 5.86. The molecule has 1 N–H and O–H groups in total. The van der Waals surface area contributed by atoms with E-state index in [2.05, 4.69) is 44.4 Å². The zero-order valence-corrected chi connectivity index (χ0v) is 15.6. The topological polar surface area (TPSA) is 50.2 Å². The van der Waals surface area contributed by atoms with E-state index in [1.54, 1.807) is 0 Å². The van der Waals surface area contributed by atoms with Crippen LogP contribution in [0.5, 0.6) is 0 Å². The molecule has 2 aromatic rings. The zero-order chi connectivity index (χ0) is 17.2. The molecule has 4 rings (SSSR count). The van der Waals surface area contributed by atoms with Crippen LogP contribution in [0.2, 0.25) is 0 Å². The monoisotopic (exact) mass is 358 g/mol. The molecule has 0 saturated heterocycles. The van der Waals surface area contributed by atoms with Crippen LogP contribution in [0.25, 0.3) is 0 Å². The molecule has 1 aliphatic heterocycles. The summed E-state index contributed by atoms with van der Waals surface area (Å²) in [6.07, 6.45) is 5.99. The minimum Gasteiger partial charge on any atom is -0.356 e. The molecule has 25 heavy (non-hydrogen) atoms. The fraction of sp³-hybridized carbons (Fsp3) is 0.579. The predicted octanol–water partition coefficient (Wildman–Crippen LogP) is 3.12. The van der Waals surface area contributed by atoms with Crippen molar-refractivity contribution in [1.82, 2.24) is 20.0 Å². The van der Waals surface area contributed by atoms with Gasteiger partial charge in [0.25, 0.3) is 0 Å². The minimum absolute atomic E-state index is 0.213. The minimum atomic E-state index is 0.213. The lowest BCUT2D eigenvalue weighted by molar-refractivity contribution is -0.121. The molecular weight excluding hydrogens is 332 g/mol. The van der Waals surface area contributed by atoms with E-state index in [0.29, 0.717) is 18.4 Å². The smallest absolute Gasteiger partial charge is 0.220 e. The summed E-state index contributed by atoms with van der Waals surface area (Å²) < 4.78 is 2.16. The fourth-order valence-corrected chi connectivity index (χ4v) is 4.55. The Labute approximate surface area is 153 Å². The maximum atomic E-state index is 11.9. The SMILES string of the molecule is Cc1ccsc1CN1Cc2ccnn2C(CCNC(=O)CC2CC2)C1. The van der Waals surface area contributed by atoms with Crippen LogP contribution < -0.4 is 5.32 Å². The second-order valence-electron chi connectivity index (χ2n) is 7.40. The van der Waals surface area contributed by atoms with Gasteiger partial charge < -0.3 is 5.32 Å². The molecule has 134 valence electrons. The maximum Gasteiger partial charge on any atom is 0.220 e. The molecule has 2 aliphatic rings. The van der Waals surface area contributed by atoms with Gasteiger partial charge in [-0.3, -0.25) is 14.4 Å². The van der Waals surface area contributed by atoms with E-state index < -0.39 is 0 Å². The Hall–Kier alpha value is -1.66. The summed E-state index contributed by atoms with van der Waals surface area (Å²) in [5.41, 5.74) is 2.66.